The highest BCUT2D eigenvalue weighted by atomic mass is 35.5. The van der Waals surface area contributed by atoms with Gasteiger partial charge in [-0.15, -0.1) is 0 Å². The van der Waals surface area contributed by atoms with Crippen molar-refractivity contribution in [2.45, 2.75) is 19.8 Å². The minimum absolute atomic E-state index is 0.480. The van der Waals surface area contributed by atoms with E-state index in [9.17, 15) is 0 Å². The molecule has 4 rings (SSSR count). The van der Waals surface area contributed by atoms with Crippen LogP contribution in [0.2, 0.25) is 5.02 Å². The Morgan fingerprint density at radius 3 is 2.11 bits per heavy atom. The molecule has 2 aliphatic heterocycles. The molecule has 0 aromatic carbocycles. The van der Waals surface area contributed by atoms with E-state index in [4.69, 9.17) is 16.9 Å². The molecule has 0 atom stereocenters. The minimum Gasteiger partial charge on any atom is -0.356 e. The van der Waals surface area contributed by atoms with Gasteiger partial charge in [0.1, 0.15) is 29.3 Å². The number of hydrogen-bond donors (Lipinski definition) is 0. The number of aryl methyl sites for hydroxylation is 1. The molecule has 0 saturated carbocycles. The molecule has 0 aliphatic carbocycles. The van der Waals surface area contributed by atoms with E-state index in [2.05, 4.69) is 41.8 Å². The lowest BCUT2D eigenvalue weighted by molar-refractivity contribution is 0.640. The van der Waals surface area contributed by atoms with E-state index in [1.54, 1.807) is 12.3 Å². The zero-order valence-electron chi connectivity index (χ0n) is 15.4. The normalized spacial score (nSPS) is 17.3. The zero-order valence-corrected chi connectivity index (χ0v) is 16.2. The van der Waals surface area contributed by atoms with Crippen molar-refractivity contribution in [1.29, 1.82) is 5.26 Å². The first-order valence-corrected chi connectivity index (χ1v) is 9.68. The number of nitriles is 1. The second-order valence-corrected chi connectivity index (χ2v) is 7.35. The smallest absolute Gasteiger partial charge is 0.147 e. The van der Waals surface area contributed by atoms with Crippen LogP contribution in [0.1, 0.15) is 24.2 Å². The molecule has 0 bridgehead atoms. The Hall–Kier alpha value is -2.59. The first-order chi connectivity index (χ1) is 13.1. The third kappa shape index (κ3) is 3.76. The van der Waals surface area contributed by atoms with Crippen molar-refractivity contribution in [3.8, 4) is 6.07 Å². The van der Waals surface area contributed by atoms with Gasteiger partial charge in [-0.25, -0.2) is 15.0 Å². The molecule has 0 amide bonds. The molecule has 2 fully saturated rings. The highest BCUT2D eigenvalue weighted by Gasteiger charge is 2.23. The fourth-order valence-electron chi connectivity index (χ4n) is 3.68. The van der Waals surface area contributed by atoms with Gasteiger partial charge >= 0.3 is 0 Å². The number of aromatic nitrogens is 3. The first-order valence-electron chi connectivity index (χ1n) is 9.30. The topological polar surface area (TPSA) is 72.2 Å². The summed E-state index contributed by atoms with van der Waals surface area (Å²) < 4.78 is 0. The molecular formula is C19H22ClN7. The first kappa shape index (κ1) is 17.8. The SMILES string of the molecule is Cc1nc(N2CCCC2)cc(N2CCN(c3ncc(C#N)cc3Cl)CC2)n1. The molecule has 2 aliphatic rings. The number of halogens is 1. The molecule has 2 aromatic heterocycles. The number of nitrogens with zero attached hydrogens (tertiary/aromatic N) is 7. The van der Waals surface area contributed by atoms with Crippen LogP contribution in [0.15, 0.2) is 18.3 Å². The average molecular weight is 384 g/mol. The standard InChI is InChI=1S/C19H22ClN7/c1-14-23-17(25-4-2-3-5-25)11-18(24-14)26-6-8-27(9-7-26)19-16(20)10-15(12-21)13-22-19/h10-11,13H,2-9H2,1H3. The maximum absolute atomic E-state index is 8.96. The summed E-state index contributed by atoms with van der Waals surface area (Å²) in [6.07, 6.45) is 4.04. The third-order valence-corrected chi connectivity index (χ3v) is 5.37. The summed E-state index contributed by atoms with van der Waals surface area (Å²) in [5.74, 6) is 3.58. The maximum atomic E-state index is 8.96. The van der Waals surface area contributed by atoms with Crippen LogP contribution >= 0.6 is 11.6 Å². The Kier molecular flexibility index (Phi) is 4.99. The van der Waals surface area contributed by atoms with Crippen LogP contribution in [0.3, 0.4) is 0 Å². The van der Waals surface area contributed by atoms with Crippen LogP contribution in [0.25, 0.3) is 0 Å². The second kappa shape index (κ2) is 7.57. The molecule has 140 valence electrons. The van der Waals surface area contributed by atoms with E-state index in [0.29, 0.717) is 10.6 Å². The van der Waals surface area contributed by atoms with Gasteiger partial charge in [-0.2, -0.15) is 5.26 Å². The van der Waals surface area contributed by atoms with E-state index in [0.717, 1.165) is 62.5 Å². The van der Waals surface area contributed by atoms with Crippen LogP contribution in [0, 0.1) is 18.3 Å². The van der Waals surface area contributed by atoms with Gasteiger partial charge in [0.05, 0.1) is 10.6 Å². The van der Waals surface area contributed by atoms with E-state index in [1.165, 1.54) is 12.8 Å². The average Bonchev–Trinajstić information content (AvgIpc) is 3.22. The molecule has 2 saturated heterocycles. The quantitative estimate of drug-likeness (QED) is 0.806. The second-order valence-electron chi connectivity index (χ2n) is 6.94. The largest absolute Gasteiger partial charge is 0.356 e. The summed E-state index contributed by atoms with van der Waals surface area (Å²) >= 11 is 6.31. The van der Waals surface area contributed by atoms with Gasteiger partial charge in [0.25, 0.3) is 0 Å². The van der Waals surface area contributed by atoms with Gasteiger partial charge in [0.2, 0.25) is 0 Å². The van der Waals surface area contributed by atoms with E-state index in [1.807, 2.05) is 6.92 Å². The molecule has 7 nitrogen and oxygen atoms in total. The van der Waals surface area contributed by atoms with Crippen LogP contribution < -0.4 is 14.7 Å². The number of anilines is 3. The fraction of sp³-hybridized carbons (Fsp3) is 0.474. The van der Waals surface area contributed by atoms with Crippen LogP contribution in [0.4, 0.5) is 17.5 Å². The molecule has 2 aromatic rings. The monoisotopic (exact) mass is 383 g/mol. The Morgan fingerprint density at radius 1 is 0.926 bits per heavy atom. The van der Waals surface area contributed by atoms with Gasteiger partial charge in [0, 0.05) is 51.5 Å². The van der Waals surface area contributed by atoms with E-state index >= 15 is 0 Å². The van der Waals surface area contributed by atoms with Crippen LogP contribution in [0.5, 0.6) is 0 Å². The van der Waals surface area contributed by atoms with Crippen molar-refractivity contribution in [3.05, 3.63) is 34.7 Å². The number of rotatable bonds is 3. The summed E-state index contributed by atoms with van der Waals surface area (Å²) in [5, 5.41) is 9.49. The van der Waals surface area contributed by atoms with Crippen molar-refractivity contribution in [3.63, 3.8) is 0 Å². The molecule has 0 radical (unpaired) electrons. The van der Waals surface area contributed by atoms with E-state index in [-0.39, 0.29) is 0 Å². The highest BCUT2D eigenvalue weighted by Crippen LogP contribution is 2.27. The van der Waals surface area contributed by atoms with Gasteiger partial charge < -0.3 is 14.7 Å². The molecule has 4 heterocycles. The summed E-state index contributed by atoms with van der Waals surface area (Å²) in [4.78, 5) is 20.5. The summed E-state index contributed by atoms with van der Waals surface area (Å²) in [6, 6.07) is 5.85. The predicted octanol–water partition coefficient (Wildman–Crippen LogP) is 2.63. The fourth-order valence-corrected chi connectivity index (χ4v) is 3.96. The molecule has 0 unspecified atom stereocenters. The predicted molar refractivity (Wildman–Crippen MR) is 107 cm³/mol. The van der Waals surface area contributed by atoms with Gasteiger partial charge in [-0.3, -0.25) is 0 Å². The van der Waals surface area contributed by atoms with Crippen molar-refractivity contribution in [2.75, 3.05) is 54.0 Å². The Bertz CT molecular complexity index is 865. The molecule has 0 N–H and O–H groups in total. The van der Waals surface area contributed by atoms with Crippen molar-refractivity contribution >= 4 is 29.1 Å². The molecule has 27 heavy (non-hydrogen) atoms. The Morgan fingerprint density at radius 2 is 1.52 bits per heavy atom. The van der Waals surface area contributed by atoms with Crippen molar-refractivity contribution in [1.82, 2.24) is 15.0 Å². The molecule has 0 spiro atoms. The summed E-state index contributed by atoms with van der Waals surface area (Å²) in [7, 11) is 0. The van der Waals surface area contributed by atoms with Gasteiger partial charge in [-0.1, -0.05) is 11.6 Å². The lowest BCUT2D eigenvalue weighted by Gasteiger charge is -2.36. The van der Waals surface area contributed by atoms with Crippen LogP contribution in [-0.4, -0.2) is 54.2 Å². The van der Waals surface area contributed by atoms with Crippen LogP contribution in [-0.2, 0) is 0 Å². The van der Waals surface area contributed by atoms with Crippen molar-refractivity contribution in [2.24, 2.45) is 0 Å². The van der Waals surface area contributed by atoms with Crippen molar-refractivity contribution < 1.29 is 0 Å². The van der Waals surface area contributed by atoms with E-state index < -0.39 is 0 Å². The summed E-state index contributed by atoms with van der Waals surface area (Å²) in [5.41, 5.74) is 0.480. The highest BCUT2D eigenvalue weighted by molar-refractivity contribution is 6.33. The number of piperazine rings is 1. The van der Waals surface area contributed by atoms with Gasteiger partial charge in [-0.05, 0) is 25.8 Å². The molecule has 8 heteroatoms. The summed E-state index contributed by atoms with van der Waals surface area (Å²) in [6.45, 7) is 7.40. The molecular weight excluding hydrogens is 362 g/mol. The minimum atomic E-state index is 0.480. The lowest BCUT2D eigenvalue weighted by Crippen LogP contribution is -2.47. The Labute approximate surface area is 164 Å². The number of hydrogen-bond acceptors (Lipinski definition) is 7. The third-order valence-electron chi connectivity index (χ3n) is 5.10. The maximum Gasteiger partial charge on any atom is 0.147 e. The number of pyridine rings is 1. The van der Waals surface area contributed by atoms with Gasteiger partial charge in [0.15, 0.2) is 0 Å². The lowest BCUT2D eigenvalue weighted by atomic mass is 10.2. The zero-order chi connectivity index (χ0) is 18.8. The Balaban J connectivity index is 1.47.